The van der Waals surface area contributed by atoms with Crippen LogP contribution in [-0.4, -0.2) is 29.6 Å². The van der Waals surface area contributed by atoms with E-state index >= 15 is 0 Å². The molecule has 20 heavy (non-hydrogen) atoms. The molecule has 0 heterocycles. The maximum absolute atomic E-state index is 11.6. The molecule has 0 bridgehead atoms. The van der Waals surface area contributed by atoms with E-state index in [-0.39, 0.29) is 12.2 Å². The van der Waals surface area contributed by atoms with Gasteiger partial charge >= 0.3 is 5.97 Å². The van der Waals surface area contributed by atoms with Crippen molar-refractivity contribution in [2.75, 3.05) is 6.54 Å². The van der Waals surface area contributed by atoms with E-state index in [0.717, 1.165) is 12.8 Å². The highest BCUT2D eigenvalue weighted by molar-refractivity contribution is 5.87. The predicted octanol–water partition coefficient (Wildman–Crippen LogP) is 3.08. The lowest BCUT2D eigenvalue weighted by Gasteiger charge is -2.15. The van der Waals surface area contributed by atoms with E-state index in [9.17, 15) is 9.59 Å². The highest BCUT2D eigenvalue weighted by atomic mass is 17.1. The molecule has 0 rings (SSSR count). The Kier molecular flexibility index (Phi) is 12.4. The minimum absolute atomic E-state index is 0.0293. The molecule has 0 aliphatic carbocycles. The van der Waals surface area contributed by atoms with Gasteiger partial charge in [-0.2, -0.15) is 5.26 Å². The number of Topliss-reactive ketones (excluding diaryl/α,β-unsaturated/α-hetero) is 1. The van der Waals surface area contributed by atoms with Gasteiger partial charge in [-0.25, -0.2) is 4.79 Å². The van der Waals surface area contributed by atoms with Crippen LogP contribution in [0.2, 0.25) is 0 Å². The number of hydrogen-bond donors (Lipinski definition) is 2. The van der Waals surface area contributed by atoms with Crippen LogP contribution in [0.4, 0.5) is 0 Å². The van der Waals surface area contributed by atoms with Crippen molar-refractivity contribution in [2.24, 2.45) is 0 Å². The highest BCUT2D eigenvalue weighted by Crippen LogP contribution is 2.07. The molecule has 0 saturated heterocycles. The molecule has 0 aromatic heterocycles. The summed E-state index contributed by atoms with van der Waals surface area (Å²) in [5, 5.41) is 11.3. The molecular formula is C15H29NO4. The summed E-state index contributed by atoms with van der Waals surface area (Å²) >= 11 is 0. The fourth-order valence-corrected chi connectivity index (χ4v) is 2.11. The van der Waals surface area contributed by atoms with Crippen LogP contribution in [0.3, 0.4) is 0 Å². The number of nitrogens with one attached hydrogen (secondary N) is 1. The quantitative estimate of drug-likeness (QED) is 0.309. The van der Waals surface area contributed by atoms with Gasteiger partial charge in [-0.05, 0) is 13.0 Å². The third-order valence-corrected chi connectivity index (χ3v) is 3.38. The number of carbonyl (C=O) groups excluding carboxylic acids is 2. The third-order valence-electron chi connectivity index (χ3n) is 3.38. The molecule has 1 unspecified atom stereocenters. The Labute approximate surface area is 122 Å². The van der Waals surface area contributed by atoms with E-state index in [2.05, 4.69) is 17.1 Å². The Balaban J connectivity index is 3.74. The monoisotopic (exact) mass is 287 g/mol. The first-order valence-electron chi connectivity index (χ1n) is 7.76. The summed E-state index contributed by atoms with van der Waals surface area (Å²) in [6.07, 6.45) is 8.71. The number of hydrogen-bond acceptors (Lipinski definition) is 5. The van der Waals surface area contributed by atoms with Gasteiger partial charge in [-0.1, -0.05) is 52.4 Å². The van der Waals surface area contributed by atoms with Crippen molar-refractivity contribution in [2.45, 2.75) is 77.7 Å². The van der Waals surface area contributed by atoms with Gasteiger partial charge in [0, 0.05) is 6.42 Å². The first-order valence-corrected chi connectivity index (χ1v) is 7.76. The molecule has 118 valence electrons. The van der Waals surface area contributed by atoms with E-state index in [0.29, 0.717) is 13.0 Å². The highest BCUT2D eigenvalue weighted by Gasteiger charge is 2.20. The second-order valence-corrected chi connectivity index (χ2v) is 5.12. The van der Waals surface area contributed by atoms with E-state index < -0.39 is 12.0 Å². The Hall–Kier alpha value is -0.940. The van der Waals surface area contributed by atoms with Crippen LogP contribution in [0.15, 0.2) is 0 Å². The summed E-state index contributed by atoms with van der Waals surface area (Å²) in [6, 6.07) is -0.542. The normalized spacial score (nSPS) is 12.2. The van der Waals surface area contributed by atoms with Crippen molar-refractivity contribution in [3.8, 4) is 0 Å². The molecule has 0 spiro atoms. The first-order chi connectivity index (χ1) is 9.65. The van der Waals surface area contributed by atoms with Gasteiger partial charge in [-0.3, -0.25) is 4.79 Å². The Morgan fingerprint density at radius 1 is 1.05 bits per heavy atom. The number of carbonyl (C=O) groups is 2. The summed E-state index contributed by atoms with van der Waals surface area (Å²) in [7, 11) is 0. The average molecular weight is 287 g/mol. The molecule has 0 amide bonds. The van der Waals surface area contributed by atoms with E-state index in [1.807, 2.05) is 0 Å². The van der Waals surface area contributed by atoms with Crippen LogP contribution in [0.5, 0.6) is 0 Å². The third kappa shape index (κ3) is 9.92. The Morgan fingerprint density at radius 3 is 2.20 bits per heavy atom. The van der Waals surface area contributed by atoms with Crippen molar-refractivity contribution in [1.82, 2.24) is 5.32 Å². The van der Waals surface area contributed by atoms with E-state index in [4.69, 9.17) is 5.26 Å². The van der Waals surface area contributed by atoms with Crippen molar-refractivity contribution < 1.29 is 19.7 Å². The maximum Gasteiger partial charge on any atom is 0.344 e. The Morgan fingerprint density at radius 2 is 1.65 bits per heavy atom. The number of ketones is 1. The summed E-state index contributed by atoms with van der Waals surface area (Å²) in [6.45, 7) is 4.67. The van der Waals surface area contributed by atoms with Crippen LogP contribution in [0.1, 0.15) is 71.6 Å². The minimum Gasteiger partial charge on any atom is -0.307 e. The molecule has 0 aromatic carbocycles. The zero-order valence-electron chi connectivity index (χ0n) is 12.8. The zero-order chi connectivity index (χ0) is 15.2. The van der Waals surface area contributed by atoms with E-state index in [1.54, 1.807) is 6.92 Å². The lowest BCUT2D eigenvalue weighted by atomic mass is 10.1. The molecule has 0 saturated carbocycles. The lowest BCUT2D eigenvalue weighted by molar-refractivity contribution is -0.234. The second kappa shape index (κ2) is 13.1. The molecular weight excluding hydrogens is 258 g/mol. The molecule has 0 fully saturated rings. The minimum atomic E-state index is -0.774. The van der Waals surface area contributed by atoms with Crippen LogP contribution in [-0.2, 0) is 14.5 Å². The molecule has 0 radical (unpaired) electrons. The first kappa shape index (κ1) is 19.1. The lowest BCUT2D eigenvalue weighted by Crippen LogP contribution is -2.39. The average Bonchev–Trinajstić information content (AvgIpc) is 2.47. The molecule has 5 heteroatoms. The topological polar surface area (TPSA) is 75.6 Å². The predicted molar refractivity (Wildman–Crippen MR) is 78.4 cm³/mol. The summed E-state index contributed by atoms with van der Waals surface area (Å²) in [5.41, 5.74) is 0. The molecule has 1 atom stereocenters. The Bertz CT molecular complexity index is 269. The second-order valence-electron chi connectivity index (χ2n) is 5.12. The van der Waals surface area contributed by atoms with Crippen molar-refractivity contribution >= 4 is 11.8 Å². The van der Waals surface area contributed by atoms with Crippen LogP contribution in [0.25, 0.3) is 0 Å². The molecule has 0 aliphatic rings. The van der Waals surface area contributed by atoms with Crippen molar-refractivity contribution in [1.29, 1.82) is 0 Å². The standard InChI is InChI=1S/C15H29NO4/c1-3-5-6-7-8-9-10-11-16-13(14(17)4-2)12-15(18)20-19/h13,16,19H,3-12H2,1-2H3. The van der Waals surface area contributed by atoms with E-state index in [1.165, 1.54) is 32.1 Å². The van der Waals surface area contributed by atoms with Gasteiger partial charge in [0.25, 0.3) is 0 Å². The largest absolute Gasteiger partial charge is 0.344 e. The summed E-state index contributed by atoms with van der Waals surface area (Å²) in [5.74, 6) is -0.804. The maximum atomic E-state index is 11.6. The SMILES string of the molecule is CCCCCCCCCNC(CC(=O)OO)C(=O)CC. The van der Waals surface area contributed by atoms with Crippen molar-refractivity contribution in [3.05, 3.63) is 0 Å². The van der Waals surface area contributed by atoms with Crippen molar-refractivity contribution in [3.63, 3.8) is 0 Å². The van der Waals surface area contributed by atoms with Crippen LogP contribution < -0.4 is 5.32 Å². The summed E-state index contributed by atoms with van der Waals surface area (Å²) in [4.78, 5) is 26.3. The van der Waals surface area contributed by atoms with Gasteiger partial charge in [0.15, 0.2) is 0 Å². The number of unbranched alkanes of at least 4 members (excludes halogenated alkanes) is 6. The number of rotatable bonds is 13. The smallest absolute Gasteiger partial charge is 0.307 e. The van der Waals surface area contributed by atoms with Gasteiger partial charge in [0.2, 0.25) is 0 Å². The van der Waals surface area contributed by atoms with Crippen LogP contribution in [0, 0.1) is 0 Å². The summed E-state index contributed by atoms with van der Waals surface area (Å²) < 4.78 is 0. The van der Waals surface area contributed by atoms with Gasteiger partial charge in [0.1, 0.15) is 5.78 Å². The molecule has 0 aromatic rings. The fourth-order valence-electron chi connectivity index (χ4n) is 2.11. The molecule has 0 aliphatic heterocycles. The van der Waals surface area contributed by atoms with Crippen LogP contribution >= 0.6 is 0 Å². The fraction of sp³-hybridized carbons (Fsp3) is 0.867. The zero-order valence-corrected chi connectivity index (χ0v) is 12.8. The van der Waals surface area contributed by atoms with Gasteiger partial charge < -0.3 is 10.2 Å². The van der Waals surface area contributed by atoms with Gasteiger partial charge in [0.05, 0.1) is 12.5 Å². The van der Waals surface area contributed by atoms with Gasteiger partial charge in [-0.15, -0.1) is 0 Å². The molecule has 2 N–H and O–H groups in total. The molecule has 5 nitrogen and oxygen atoms in total.